The summed E-state index contributed by atoms with van der Waals surface area (Å²) in [4.78, 5) is 16.4. The summed E-state index contributed by atoms with van der Waals surface area (Å²) in [5.41, 5.74) is 2.29. The molecular weight excluding hydrogens is 412 g/mol. The maximum Gasteiger partial charge on any atom is 0.228 e. The van der Waals surface area contributed by atoms with Gasteiger partial charge in [-0.15, -0.1) is 0 Å². The molecule has 1 amide bonds. The SMILES string of the molecule is COc1cccc2c1OCC[C@]21CNC[C@H]1C(=O)N1CC[C@@H](c2ccccc2)C[C@H]1C(C)C. The van der Waals surface area contributed by atoms with Gasteiger partial charge in [-0.3, -0.25) is 4.79 Å². The van der Waals surface area contributed by atoms with Gasteiger partial charge in [0.2, 0.25) is 5.91 Å². The zero-order chi connectivity index (χ0) is 23.0. The highest BCUT2D eigenvalue weighted by Crippen LogP contribution is 2.50. The average Bonchev–Trinajstić information content (AvgIpc) is 3.27. The molecule has 3 aliphatic rings. The Morgan fingerprint density at radius 2 is 2.00 bits per heavy atom. The number of hydrogen-bond donors (Lipinski definition) is 1. The van der Waals surface area contributed by atoms with E-state index in [2.05, 4.69) is 60.5 Å². The van der Waals surface area contributed by atoms with Gasteiger partial charge in [-0.25, -0.2) is 0 Å². The summed E-state index contributed by atoms with van der Waals surface area (Å²) in [5.74, 6) is 2.74. The fraction of sp³-hybridized carbons (Fsp3) is 0.536. The third-order valence-corrected chi connectivity index (χ3v) is 8.25. The predicted octanol–water partition coefficient (Wildman–Crippen LogP) is 4.37. The third kappa shape index (κ3) is 3.80. The second-order valence-corrected chi connectivity index (χ2v) is 10.3. The summed E-state index contributed by atoms with van der Waals surface area (Å²) < 4.78 is 11.6. The van der Waals surface area contributed by atoms with Crippen LogP contribution in [0.25, 0.3) is 0 Å². The van der Waals surface area contributed by atoms with Crippen LogP contribution in [-0.4, -0.2) is 50.2 Å². The van der Waals surface area contributed by atoms with E-state index in [0.29, 0.717) is 24.3 Å². The summed E-state index contributed by atoms with van der Waals surface area (Å²) in [6.45, 7) is 7.49. The minimum absolute atomic E-state index is 0.0817. The summed E-state index contributed by atoms with van der Waals surface area (Å²) in [7, 11) is 1.68. The highest BCUT2D eigenvalue weighted by molar-refractivity contribution is 5.82. The normalized spacial score (nSPS) is 29.1. The first-order valence-electron chi connectivity index (χ1n) is 12.4. The van der Waals surface area contributed by atoms with E-state index in [-0.39, 0.29) is 17.4 Å². The van der Waals surface area contributed by atoms with Gasteiger partial charge in [0.25, 0.3) is 0 Å². The first kappa shape index (κ1) is 22.3. The van der Waals surface area contributed by atoms with Crippen LogP contribution in [-0.2, 0) is 10.2 Å². The fourth-order valence-electron chi connectivity index (χ4n) is 6.45. The Labute approximate surface area is 197 Å². The molecule has 176 valence electrons. The van der Waals surface area contributed by atoms with Crippen molar-refractivity contribution in [3.63, 3.8) is 0 Å². The van der Waals surface area contributed by atoms with Crippen molar-refractivity contribution in [1.82, 2.24) is 10.2 Å². The van der Waals surface area contributed by atoms with E-state index in [0.717, 1.165) is 56.0 Å². The number of methoxy groups -OCH3 is 1. The predicted molar refractivity (Wildman–Crippen MR) is 130 cm³/mol. The van der Waals surface area contributed by atoms with Gasteiger partial charge in [0, 0.05) is 36.7 Å². The standard InChI is InChI=1S/C28H36N2O3/c1-19(2)24-16-21(20-8-5-4-6-9-20)12-14-30(24)27(31)23-17-29-18-28(23)13-15-33-26-22(28)10-7-11-25(26)32-3/h4-11,19,21,23-24,29H,12-18H2,1-3H3/t21-,23+,24+,28+/m1/s1. The van der Waals surface area contributed by atoms with Gasteiger partial charge >= 0.3 is 0 Å². The quantitative estimate of drug-likeness (QED) is 0.755. The highest BCUT2D eigenvalue weighted by atomic mass is 16.5. The molecule has 0 radical (unpaired) electrons. The van der Waals surface area contributed by atoms with Crippen LogP contribution in [0.4, 0.5) is 0 Å². The van der Waals surface area contributed by atoms with Crippen molar-refractivity contribution in [2.75, 3.05) is 33.4 Å². The lowest BCUT2D eigenvalue weighted by Gasteiger charge is -2.46. The Morgan fingerprint density at radius 1 is 1.18 bits per heavy atom. The molecule has 2 aromatic rings. The minimum atomic E-state index is -0.239. The van der Waals surface area contributed by atoms with Crippen LogP contribution >= 0.6 is 0 Å². The number of para-hydroxylation sites is 1. The highest BCUT2D eigenvalue weighted by Gasteiger charge is 2.53. The van der Waals surface area contributed by atoms with Crippen LogP contribution < -0.4 is 14.8 Å². The number of likely N-dealkylation sites (tertiary alicyclic amines) is 1. The fourth-order valence-corrected chi connectivity index (χ4v) is 6.45. The van der Waals surface area contributed by atoms with E-state index in [1.165, 1.54) is 5.56 Å². The number of ether oxygens (including phenoxy) is 2. The molecule has 0 bridgehead atoms. The Bertz CT molecular complexity index is 992. The first-order valence-corrected chi connectivity index (χ1v) is 12.4. The number of benzene rings is 2. The van der Waals surface area contributed by atoms with E-state index >= 15 is 0 Å². The molecule has 2 aromatic carbocycles. The molecule has 2 fully saturated rings. The van der Waals surface area contributed by atoms with E-state index < -0.39 is 0 Å². The van der Waals surface area contributed by atoms with Gasteiger partial charge in [0.15, 0.2) is 11.5 Å². The topological polar surface area (TPSA) is 50.8 Å². The lowest BCUT2D eigenvalue weighted by Crippen LogP contribution is -2.54. The van der Waals surface area contributed by atoms with Crippen LogP contribution in [0.15, 0.2) is 48.5 Å². The molecule has 0 aromatic heterocycles. The van der Waals surface area contributed by atoms with Gasteiger partial charge in [-0.1, -0.05) is 56.3 Å². The van der Waals surface area contributed by atoms with Crippen LogP contribution in [0.2, 0.25) is 0 Å². The Morgan fingerprint density at radius 3 is 2.76 bits per heavy atom. The summed E-state index contributed by atoms with van der Waals surface area (Å²) >= 11 is 0. The third-order valence-electron chi connectivity index (χ3n) is 8.25. The maximum absolute atomic E-state index is 14.2. The number of nitrogens with zero attached hydrogens (tertiary/aromatic N) is 1. The molecule has 0 saturated carbocycles. The largest absolute Gasteiger partial charge is 0.493 e. The van der Waals surface area contributed by atoms with Crippen molar-refractivity contribution < 1.29 is 14.3 Å². The van der Waals surface area contributed by atoms with Gasteiger partial charge < -0.3 is 19.7 Å². The van der Waals surface area contributed by atoms with Crippen LogP contribution in [0.3, 0.4) is 0 Å². The number of carbonyl (C=O) groups excluding carboxylic acids is 1. The number of piperidine rings is 1. The number of hydrogen-bond acceptors (Lipinski definition) is 4. The molecule has 33 heavy (non-hydrogen) atoms. The molecular formula is C28H36N2O3. The second kappa shape index (κ2) is 9.02. The first-order chi connectivity index (χ1) is 16.0. The number of nitrogens with one attached hydrogen (secondary N) is 1. The van der Waals surface area contributed by atoms with Crippen LogP contribution in [0, 0.1) is 11.8 Å². The summed E-state index contributed by atoms with van der Waals surface area (Å²) in [5, 5.41) is 3.57. The van der Waals surface area contributed by atoms with Crippen molar-refractivity contribution in [3.05, 3.63) is 59.7 Å². The summed E-state index contributed by atoms with van der Waals surface area (Å²) in [6.07, 6.45) is 2.91. The Kier molecular flexibility index (Phi) is 6.09. The zero-order valence-corrected chi connectivity index (χ0v) is 20.0. The van der Waals surface area contributed by atoms with E-state index in [4.69, 9.17) is 9.47 Å². The molecule has 0 aliphatic carbocycles. The minimum Gasteiger partial charge on any atom is -0.493 e. The van der Waals surface area contributed by atoms with Crippen molar-refractivity contribution in [2.45, 2.75) is 50.5 Å². The maximum atomic E-state index is 14.2. The van der Waals surface area contributed by atoms with E-state index in [1.54, 1.807) is 7.11 Å². The van der Waals surface area contributed by atoms with Crippen LogP contribution in [0.5, 0.6) is 11.5 Å². The molecule has 0 unspecified atom stereocenters. The lowest BCUT2D eigenvalue weighted by atomic mass is 9.68. The van der Waals surface area contributed by atoms with Gasteiger partial charge in [-0.2, -0.15) is 0 Å². The Balaban J connectivity index is 1.44. The van der Waals surface area contributed by atoms with Crippen molar-refractivity contribution in [2.24, 2.45) is 11.8 Å². The van der Waals surface area contributed by atoms with Crippen molar-refractivity contribution in [3.8, 4) is 11.5 Å². The molecule has 5 rings (SSSR count). The van der Waals surface area contributed by atoms with E-state index in [1.807, 2.05) is 12.1 Å². The molecule has 5 heteroatoms. The van der Waals surface area contributed by atoms with Gasteiger partial charge in [0.05, 0.1) is 19.6 Å². The number of rotatable bonds is 4. The van der Waals surface area contributed by atoms with Crippen LogP contribution in [0.1, 0.15) is 50.2 Å². The molecule has 1 spiro atoms. The second-order valence-electron chi connectivity index (χ2n) is 10.3. The number of carbonyl (C=O) groups is 1. The molecule has 4 atom stereocenters. The molecule has 1 N–H and O–H groups in total. The van der Waals surface area contributed by atoms with Crippen molar-refractivity contribution in [1.29, 1.82) is 0 Å². The summed E-state index contributed by atoms with van der Waals surface area (Å²) in [6, 6.07) is 17.2. The molecule has 3 heterocycles. The smallest absolute Gasteiger partial charge is 0.228 e. The average molecular weight is 449 g/mol. The number of fused-ring (bicyclic) bond motifs is 2. The van der Waals surface area contributed by atoms with E-state index in [9.17, 15) is 4.79 Å². The Hall–Kier alpha value is -2.53. The number of amides is 1. The monoisotopic (exact) mass is 448 g/mol. The molecule has 2 saturated heterocycles. The lowest BCUT2D eigenvalue weighted by molar-refractivity contribution is -0.142. The van der Waals surface area contributed by atoms with Gasteiger partial charge in [-0.05, 0) is 42.7 Å². The molecule has 3 aliphatic heterocycles. The van der Waals surface area contributed by atoms with Gasteiger partial charge in [0.1, 0.15) is 0 Å². The van der Waals surface area contributed by atoms with Crippen molar-refractivity contribution >= 4 is 5.91 Å². The molecule has 5 nitrogen and oxygen atoms in total. The zero-order valence-electron chi connectivity index (χ0n) is 20.0.